The number of hydrogen-bond donors (Lipinski definition) is 3. The van der Waals surface area contributed by atoms with Crippen molar-refractivity contribution in [3.63, 3.8) is 0 Å². The molecule has 23 heavy (non-hydrogen) atoms. The zero-order valence-electron chi connectivity index (χ0n) is 13.0. The van der Waals surface area contributed by atoms with Gasteiger partial charge in [-0.05, 0) is 0 Å². The van der Waals surface area contributed by atoms with Gasteiger partial charge in [0, 0.05) is 21.2 Å². The number of imidazole rings is 1. The van der Waals surface area contributed by atoms with Crippen LogP contribution in [0.15, 0.2) is 11.1 Å². The predicted molar refractivity (Wildman–Crippen MR) is 80.3 cm³/mol. The van der Waals surface area contributed by atoms with Crippen LogP contribution in [0.25, 0.3) is 11.2 Å². The van der Waals surface area contributed by atoms with Crippen LogP contribution in [0.5, 0.6) is 0 Å². The molecule has 0 aliphatic carbocycles. The van der Waals surface area contributed by atoms with Crippen molar-refractivity contribution in [3.8, 4) is 0 Å². The van der Waals surface area contributed by atoms with Gasteiger partial charge in [-0.15, -0.1) is 0 Å². The molecule has 0 saturated carbocycles. The average Bonchev–Trinajstić information content (AvgIpc) is 3.07. The summed E-state index contributed by atoms with van der Waals surface area (Å²) in [5, 5.41) is 19.8. The molecule has 1 aliphatic heterocycles. The summed E-state index contributed by atoms with van der Waals surface area (Å²) in [6, 6.07) is 0. The second-order valence-corrected chi connectivity index (χ2v) is 5.55. The highest BCUT2D eigenvalue weighted by molar-refractivity contribution is 5.71. The van der Waals surface area contributed by atoms with Gasteiger partial charge in [0.15, 0.2) is 17.4 Å². The maximum atomic E-state index is 12.1. The number of nitrogens with zero attached hydrogens (tertiary/aromatic N) is 4. The Hall–Kier alpha value is -2.01. The summed E-state index contributed by atoms with van der Waals surface area (Å²) in [6.45, 7) is -0.296. The van der Waals surface area contributed by atoms with E-state index in [4.69, 9.17) is 9.47 Å². The Labute approximate surface area is 131 Å². The number of aliphatic hydroxyl groups excluding tert-OH is 2. The lowest BCUT2D eigenvalue weighted by molar-refractivity contribution is -0.0535. The number of hydrogen-bond acceptors (Lipinski definition) is 8. The molecule has 1 aliphatic rings. The lowest BCUT2D eigenvalue weighted by Gasteiger charge is -2.18. The first kappa shape index (κ1) is 15.9. The summed E-state index contributed by atoms with van der Waals surface area (Å²) < 4.78 is 12.3. The van der Waals surface area contributed by atoms with Gasteiger partial charge in [-0.2, -0.15) is 4.98 Å². The maximum Gasteiger partial charge on any atom is 0.280 e. The number of rotatable bonds is 4. The zero-order valence-corrected chi connectivity index (χ0v) is 13.0. The fourth-order valence-electron chi connectivity index (χ4n) is 2.70. The molecule has 0 aromatic carbocycles. The number of fused-ring (bicyclic) bond motifs is 1. The number of aliphatic hydroxyl groups is 2. The highest BCUT2D eigenvalue weighted by atomic mass is 16.6. The molecule has 10 nitrogen and oxygen atoms in total. The Morgan fingerprint density at radius 2 is 2.26 bits per heavy atom. The number of aromatic nitrogens is 4. The van der Waals surface area contributed by atoms with Crippen molar-refractivity contribution in [2.45, 2.75) is 24.5 Å². The van der Waals surface area contributed by atoms with Crippen LogP contribution >= 0.6 is 0 Å². The summed E-state index contributed by atoms with van der Waals surface area (Å²) in [6.07, 6.45) is -1.86. The fourth-order valence-corrected chi connectivity index (χ4v) is 2.70. The predicted octanol–water partition coefficient (Wildman–Crippen LogP) is -1.55. The standard InChI is InChI=1S/C13H19N5O5/c1-17(2)13-15-10-7(11(21)16-13)14-5-18(10)12-8(20)9(22-3)6(4-19)23-12/h5-6,8-9,12,19-20H,4H2,1-3H3,(H,15,16,21)/t6-,8-,9-,12-/m1/s1. The number of aromatic amines is 1. The van der Waals surface area contributed by atoms with Crippen LogP contribution < -0.4 is 10.5 Å². The topological polar surface area (TPSA) is 126 Å². The van der Waals surface area contributed by atoms with Crippen molar-refractivity contribution >= 4 is 17.1 Å². The maximum absolute atomic E-state index is 12.1. The molecule has 0 unspecified atom stereocenters. The summed E-state index contributed by atoms with van der Waals surface area (Å²) in [4.78, 5) is 24.8. The minimum atomic E-state index is -1.03. The molecule has 4 atom stereocenters. The van der Waals surface area contributed by atoms with Crippen LogP contribution in [0, 0.1) is 0 Å². The van der Waals surface area contributed by atoms with E-state index in [-0.39, 0.29) is 23.3 Å². The molecule has 3 heterocycles. The summed E-state index contributed by atoms with van der Waals surface area (Å²) in [5.41, 5.74) is 0.0506. The van der Waals surface area contributed by atoms with Crippen molar-refractivity contribution in [2.75, 3.05) is 32.7 Å². The van der Waals surface area contributed by atoms with E-state index in [1.807, 2.05) is 0 Å². The van der Waals surface area contributed by atoms with Gasteiger partial charge in [0.2, 0.25) is 5.95 Å². The fraction of sp³-hybridized carbons (Fsp3) is 0.615. The molecule has 2 aromatic heterocycles. The van der Waals surface area contributed by atoms with E-state index >= 15 is 0 Å². The number of ether oxygens (including phenoxy) is 2. The van der Waals surface area contributed by atoms with Crippen LogP contribution in [0.1, 0.15) is 6.23 Å². The summed E-state index contributed by atoms with van der Waals surface area (Å²) in [7, 11) is 4.92. The van der Waals surface area contributed by atoms with Crippen molar-refractivity contribution in [2.24, 2.45) is 0 Å². The van der Waals surface area contributed by atoms with Gasteiger partial charge in [0.05, 0.1) is 12.9 Å². The molecule has 0 spiro atoms. The van der Waals surface area contributed by atoms with E-state index in [1.54, 1.807) is 19.0 Å². The van der Waals surface area contributed by atoms with Crippen molar-refractivity contribution in [1.82, 2.24) is 19.5 Å². The largest absolute Gasteiger partial charge is 0.394 e. The number of H-pyrrole nitrogens is 1. The highest BCUT2D eigenvalue weighted by Crippen LogP contribution is 2.32. The van der Waals surface area contributed by atoms with E-state index in [0.29, 0.717) is 5.95 Å². The van der Waals surface area contributed by atoms with Gasteiger partial charge in [-0.1, -0.05) is 0 Å². The van der Waals surface area contributed by atoms with Crippen LogP contribution in [-0.4, -0.2) is 75.9 Å². The summed E-state index contributed by atoms with van der Waals surface area (Å²) >= 11 is 0. The van der Waals surface area contributed by atoms with Gasteiger partial charge >= 0.3 is 0 Å². The van der Waals surface area contributed by atoms with Gasteiger partial charge < -0.3 is 24.6 Å². The van der Waals surface area contributed by atoms with Gasteiger partial charge in [0.1, 0.15) is 18.3 Å². The van der Waals surface area contributed by atoms with Crippen molar-refractivity contribution < 1.29 is 19.7 Å². The molecule has 1 saturated heterocycles. The van der Waals surface area contributed by atoms with Crippen LogP contribution in [0.2, 0.25) is 0 Å². The minimum absolute atomic E-state index is 0.146. The van der Waals surface area contributed by atoms with Gasteiger partial charge in [0.25, 0.3) is 5.56 Å². The number of nitrogens with one attached hydrogen (secondary N) is 1. The lowest BCUT2D eigenvalue weighted by atomic mass is 10.1. The first-order valence-corrected chi connectivity index (χ1v) is 7.09. The molecule has 3 N–H and O–H groups in total. The number of anilines is 1. The van der Waals surface area contributed by atoms with Gasteiger partial charge in [-0.3, -0.25) is 14.3 Å². The molecule has 2 aromatic rings. The SMILES string of the molecule is CO[C@H]1[C@@H](O)[C@H](n2cnc3c(=O)[nH]c(N(C)C)nc32)O[C@@H]1CO. The first-order valence-electron chi connectivity index (χ1n) is 7.09. The Bertz CT molecular complexity index is 757. The third kappa shape index (κ3) is 2.49. The van der Waals surface area contributed by atoms with E-state index in [9.17, 15) is 15.0 Å². The molecule has 3 rings (SSSR count). The Balaban J connectivity index is 2.08. The molecule has 10 heteroatoms. The van der Waals surface area contributed by atoms with E-state index in [2.05, 4.69) is 15.0 Å². The minimum Gasteiger partial charge on any atom is -0.394 e. The third-order valence-electron chi connectivity index (χ3n) is 3.88. The molecule has 1 fully saturated rings. The smallest absolute Gasteiger partial charge is 0.280 e. The Morgan fingerprint density at radius 1 is 1.52 bits per heavy atom. The molecular weight excluding hydrogens is 306 g/mol. The molecular formula is C13H19N5O5. The van der Waals surface area contributed by atoms with E-state index < -0.39 is 24.5 Å². The molecule has 126 valence electrons. The Kier molecular flexibility index (Phi) is 4.06. The lowest BCUT2D eigenvalue weighted by Crippen LogP contribution is -2.35. The third-order valence-corrected chi connectivity index (χ3v) is 3.88. The average molecular weight is 325 g/mol. The Morgan fingerprint density at radius 3 is 2.83 bits per heavy atom. The molecule has 0 bridgehead atoms. The second kappa shape index (κ2) is 5.89. The normalized spacial score (nSPS) is 27.7. The monoisotopic (exact) mass is 325 g/mol. The second-order valence-electron chi connectivity index (χ2n) is 5.55. The first-order chi connectivity index (χ1) is 11.0. The quantitative estimate of drug-likeness (QED) is 0.617. The number of methoxy groups -OCH3 is 1. The van der Waals surface area contributed by atoms with Crippen LogP contribution in [0.4, 0.5) is 5.95 Å². The zero-order chi connectivity index (χ0) is 16.7. The van der Waals surface area contributed by atoms with Crippen molar-refractivity contribution in [3.05, 3.63) is 16.7 Å². The van der Waals surface area contributed by atoms with Gasteiger partial charge in [-0.25, -0.2) is 4.98 Å². The molecule has 0 amide bonds. The summed E-state index contributed by atoms with van der Waals surface area (Å²) in [5.74, 6) is 0.360. The molecule has 0 radical (unpaired) electrons. The van der Waals surface area contributed by atoms with Crippen LogP contribution in [-0.2, 0) is 9.47 Å². The van der Waals surface area contributed by atoms with Crippen molar-refractivity contribution in [1.29, 1.82) is 0 Å². The van der Waals surface area contributed by atoms with Crippen LogP contribution in [0.3, 0.4) is 0 Å². The van der Waals surface area contributed by atoms with E-state index in [1.165, 1.54) is 18.0 Å². The highest BCUT2D eigenvalue weighted by Gasteiger charge is 2.45. The van der Waals surface area contributed by atoms with E-state index in [0.717, 1.165) is 0 Å².